The number of unbranched alkanes of at least 4 members (excludes halogenated alkanes) is 1. The van der Waals surface area contributed by atoms with Crippen molar-refractivity contribution in [2.45, 2.75) is 64.1 Å². The third kappa shape index (κ3) is 3.69. The van der Waals surface area contributed by atoms with Gasteiger partial charge in [0, 0.05) is 6.08 Å². The Kier molecular flexibility index (Phi) is 5.37. The lowest BCUT2D eigenvalue weighted by atomic mass is 9.54. The first kappa shape index (κ1) is 18.2. The van der Waals surface area contributed by atoms with E-state index < -0.39 is 17.2 Å². The van der Waals surface area contributed by atoms with Gasteiger partial charge in [0.2, 0.25) is 0 Å². The van der Waals surface area contributed by atoms with Crippen molar-refractivity contribution in [2.24, 2.45) is 23.7 Å². The second-order valence-electron chi connectivity index (χ2n) is 7.81. The maximum atomic E-state index is 11.4. The number of allylic oxidation sites excluding steroid dienone is 2. The van der Waals surface area contributed by atoms with E-state index >= 15 is 0 Å². The molecule has 2 aliphatic carbocycles. The highest BCUT2D eigenvalue weighted by molar-refractivity contribution is 5.79. The van der Waals surface area contributed by atoms with Crippen LogP contribution in [-0.4, -0.2) is 32.5 Å². The Bertz CT molecular complexity index is 494. The molecule has 0 radical (unpaired) electrons. The van der Waals surface area contributed by atoms with Crippen molar-refractivity contribution < 1.29 is 20.1 Å². The molecule has 0 aromatic rings. The molecular weight excluding hydrogens is 292 g/mol. The molecule has 2 rings (SSSR count). The zero-order valence-corrected chi connectivity index (χ0v) is 14.4. The van der Waals surface area contributed by atoms with Gasteiger partial charge in [0.15, 0.2) is 0 Å². The molecule has 1 saturated carbocycles. The van der Waals surface area contributed by atoms with Crippen LogP contribution < -0.4 is 0 Å². The average Bonchev–Trinajstić information content (AvgIpc) is 2.42. The van der Waals surface area contributed by atoms with E-state index in [0.29, 0.717) is 37.0 Å². The number of hydrogen-bond acceptors (Lipinski definition) is 3. The largest absolute Gasteiger partial charge is 0.478 e. The maximum absolute atomic E-state index is 11.4. The van der Waals surface area contributed by atoms with Gasteiger partial charge in [0.05, 0.1) is 0 Å². The van der Waals surface area contributed by atoms with Gasteiger partial charge in [-0.1, -0.05) is 32.1 Å². The first-order chi connectivity index (χ1) is 10.7. The summed E-state index contributed by atoms with van der Waals surface area (Å²) >= 11 is 0. The zero-order chi connectivity index (χ0) is 17.3. The molecule has 23 heavy (non-hydrogen) atoms. The summed E-state index contributed by atoms with van der Waals surface area (Å²) in [6.07, 6.45) is 10.5. The van der Waals surface area contributed by atoms with E-state index in [-0.39, 0.29) is 5.92 Å². The molecule has 3 N–H and O–H groups in total. The average molecular weight is 322 g/mol. The molecular formula is C19H30O4. The highest BCUT2D eigenvalue weighted by Crippen LogP contribution is 2.52. The van der Waals surface area contributed by atoms with E-state index in [1.807, 2.05) is 0 Å². The van der Waals surface area contributed by atoms with E-state index in [1.54, 1.807) is 19.1 Å². The number of carboxylic acid groups (broad SMARTS) is 1. The number of aliphatic carboxylic acids is 1. The topological polar surface area (TPSA) is 77.8 Å². The summed E-state index contributed by atoms with van der Waals surface area (Å²) in [5.74, 6) is 0.420. The lowest BCUT2D eigenvalue weighted by molar-refractivity contribution is -0.189. The standard InChI is InChI=1S/C19H30O4/c1-13-11-14(2)17-15(12-13)8-10-18(3,22)19(17,23)9-6-4-5-7-16(20)21/h5,7-8,10,13-15,17,22-23H,4,6,9,11-12H2,1-3H3,(H,20,21)/b7-5+/t13-,14+,15-,17-,18+,19-/m0/s1. The minimum Gasteiger partial charge on any atom is -0.478 e. The van der Waals surface area contributed by atoms with Crippen LogP contribution in [0, 0.1) is 23.7 Å². The summed E-state index contributed by atoms with van der Waals surface area (Å²) in [5.41, 5.74) is -2.39. The number of rotatable bonds is 5. The third-order valence-corrected chi connectivity index (χ3v) is 5.81. The molecule has 6 atom stereocenters. The van der Waals surface area contributed by atoms with E-state index in [9.17, 15) is 15.0 Å². The van der Waals surface area contributed by atoms with Crippen LogP contribution in [0.25, 0.3) is 0 Å². The number of hydrogen-bond donors (Lipinski definition) is 3. The van der Waals surface area contributed by atoms with Gasteiger partial charge < -0.3 is 15.3 Å². The Morgan fingerprint density at radius 3 is 2.65 bits per heavy atom. The van der Waals surface area contributed by atoms with E-state index in [2.05, 4.69) is 19.9 Å². The molecule has 0 bridgehead atoms. The highest BCUT2D eigenvalue weighted by atomic mass is 16.4. The molecule has 0 saturated heterocycles. The first-order valence-electron chi connectivity index (χ1n) is 8.71. The Morgan fingerprint density at radius 1 is 1.30 bits per heavy atom. The van der Waals surface area contributed by atoms with Crippen LogP contribution >= 0.6 is 0 Å². The molecule has 1 fully saturated rings. The Balaban J connectivity index is 2.15. The lowest BCUT2D eigenvalue weighted by Crippen LogP contribution is -2.62. The lowest BCUT2D eigenvalue weighted by Gasteiger charge is -2.55. The summed E-state index contributed by atoms with van der Waals surface area (Å²) < 4.78 is 0. The Hall–Kier alpha value is -1.13. The van der Waals surface area contributed by atoms with E-state index in [0.717, 1.165) is 18.9 Å². The van der Waals surface area contributed by atoms with Gasteiger partial charge in [-0.15, -0.1) is 0 Å². The smallest absolute Gasteiger partial charge is 0.327 e. The van der Waals surface area contributed by atoms with Crippen molar-refractivity contribution in [3.8, 4) is 0 Å². The molecule has 4 nitrogen and oxygen atoms in total. The van der Waals surface area contributed by atoms with Crippen molar-refractivity contribution >= 4 is 5.97 Å². The fourth-order valence-electron chi connectivity index (χ4n) is 4.82. The number of carbonyl (C=O) groups is 1. The normalized spacial score (nSPS) is 43.5. The molecule has 0 aromatic carbocycles. The number of aliphatic hydroxyl groups is 2. The fraction of sp³-hybridized carbons (Fsp3) is 0.737. The van der Waals surface area contributed by atoms with Crippen LogP contribution in [0.5, 0.6) is 0 Å². The summed E-state index contributed by atoms with van der Waals surface area (Å²) in [6, 6.07) is 0. The van der Waals surface area contributed by atoms with Crippen LogP contribution in [-0.2, 0) is 4.79 Å². The van der Waals surface area contributed by atoms with Crippen molar-refractivity contribution in [3.63, 3.8) is 0 Å². The Labute approximate surface area is 138 Å². The van der Waals surface area contributed by atoms with Gasteiger partial charge in [-0.05, 0) is 62.7 Å². The first-order valence-corrected chi connectivity index (χ1v) is 8.71. The van der Waals surface area contributed by atoms with Gasteiger partial charge in [0.1, 0.15) is 11.2 Å². The van der Waals surface area contributed by atoms with Gasteiger partial charge in [-0.2, -0.15) is 0 Å². The van der Waals surface area contributed by atoms with Crippen LogP contribution in [0.4, 0.5) is 0 Å². The van der Waals surface area contributed by atoms with Crippen molar-refractivity contribution in [2.75, 3.05) is 0 Å². The Morgan fingerprint density at radius 2 is 2.00 bits per heavy atom. The predicted octanol–water partition coefficient (Wildman–Crippen LogP) is 3.15. The second kappa shape index (κ2) is 6.78. The molecule has 0 aromatic heterocycles. The van der Waals surface area contributed by atoms with Crippen molar-refractivity contribution in [1.29, 1.82) is 0 Å². The highest BCUT2D eigenvalue weighted by Gasteiger charge is 2.56. The van der Waals surface area contributed by atoms with Crippen LogP contribution in [0.1, 0.15) is 52.9 Å². The van der Waals surface area contributed by atoms with Gasteiger partial charge in [0.25, 0.3) is 0 Å². The predicted molar refractivity (Wildman–Crippen MR) is 89.9 cm³/mol. The molecule has 130 valence electrons. The number of carboxylic acids is 1. The second-order valence-corrected chi connectivity index (χ2v) is 7.81. The van der Waals surface area contributed by atoms with Crippen molar-refractivity contribution in [3.05, 3.63) is 24.3 Å². The molecule has 0 aliphatic heterocycles. The monoisotopic (exact) mass is 322 g/mol. The molecule has 2 aliphatic rings. The van der Waals surface area contributed by atoms with Crippen LogP contribution in [0.15, 0.2) is 24.3 Å². The minimum absolute atomic E-state index is 0.0575. The van der Waals surface area contributed by atoms with Crippen molar-refractivity contribution in [1.82, 2.24) is 0 Å². The summed E-state index contributed by atoms with van der Waals surface area (Å²) in [4.78, 5) is 10.5. The molecule has 0 unspecified atom stereocenters. The van der Waals surface area contributed by atoms with Crippen LogP contribution in [0.2, 0.25) is 0 Å². The molecule has 0 amide bonds. The minimum atomic E-state index is -1.24. The quantitative estimate of drug-likeness (QED) is 0.413. The van der Waals surface area contributed by atoms with Gasteiger partial charge in [-0.25, -0.2) is 4.79 Å². The van der Waals surface area contributed by atoms with Gasteiger partial charge >= 0.3 is 5.97 Å². The summed E-state index contributed by atoms with van der Waals surface area (Å²) in [6.45, 7) is 6.12. The van der Waals surface area contributed by atoms with E-state index in [1.165, 1.54) is 0 Å². The molecule has 4 heteroatoms. The zero-order valence-electron chi connectivity index (χ0n) is 14.4. The third-order valence-electron chi connectivity index (χ3n) is 5.81. The van der Waals surface area contributed by atoms with Gasteiger partial charge in [-0.3, -0.25) is 0 Å². The molecule has 0 spiro atoms. The van der Waals surface area contributed by atoms with E-state index in [4.69, 9.17) is 5.11 Å². The SMILES string of the molecule is C[C@H]1C[C@@H](C)[C@H]2[C@@H](C=C[C@@](C)(O)[C@]2(O)CCC/C=C/C(=O)O)C1. The number of fused-ring (bicyclic) bond motifs is 1. The summed E-state index contributed by atoms with van der Waals surface area (Å²) in [5, 5.41) is 30.9. The fourth-order valence-corrected chi connectivity index (χ4v) is 4.82. The maximum Gasteiger partial charge on any atom is 0.327 e. The van der Waals surface area contributed by atoms with Crippen LogP contribution in [0.3, 0.4) is 0 Å². The molecule has 0 heterocycles. The summed E-state index contributed by atoms with van der Waals surface area (Å²) in [7, 11) is 0.